The molecule has 0 aromatic carbocycles. The number of hydrogen-bond donors (Lipinski definition) is 1. The summed E-state index contributed by atoms with van der Waals surface area (Å²) in [5.74, 6) is 1.72. The van der Waals surface area contributed by atoms with Crippen LogP contribution in [0.25, 0.3) is 0 Å². The third kappa shape index (κ3) is 3.22. The van der Waals surface area contributed by atoms with E-state index in [2.05, 4.69) is 32.2 Å². The zero-order valence-corrected chi connectivity index (χ0v) is 15.6. The zero-order chi connectivity index (χ0) is 18.0. The van der Waals surface area contributed by atoms with Crippen molar-refractivity contribution in [1.82, 2.24) is 5.32 Å². The summed E-state index contributed by atoms with van der Waals surface area (Å²) < 4.78 is 17.5. The number of furan rings is 1. The third-order valence-corrected chi connectivity index (χ3v) is 6.06. The standard InChI is InChI=1S/C20H29NO4/c1-5-8-21-19(22)25-12-20-11-24-18(16-7-6-9-23-16)17(15(20)4)13(2)10-14(20)3/h6-7,9-10,14-15,17-18H,5,8,11-12H2,1-4H3,(H,21,22)/t14?,15-,17?,18?,20+/m0/s1. The smallest absolute Gasteiger partial charge is 0.407 e. The van der Waals surface area contributed by atoms with Gasteiger partial charge in [0, 0.05) is 17.9 Å². The predicted molar refractivity (Wildman–Crippen MR) is 95.1 cm³/mol. The Kier molecular flexibility index (Phi) is 5.23. The molecule has 1 N–H and O–H groups in total. The summed E-state index contributed by atoms with van der Waals surface area (Å²) in [6.45, 7) is 10.2. The largest absolute Gasteiger partial charge is 0.467 e. The molecule has 0 radical (unpaired) electrons. The monoisotopic (exact) mass is 347 g/mol. The number of allylic oxidation sites excluding steroid dienone is 1. The minimum atomic E-state index is -0.341. The molecule has 1 fully saturated rings. The van der Waals surface area contributed by atoms with Gasteiger partial charge in [-0.3, -0.25) is 0 Å². The maximum Gasteiger partial charge on any atom is 0.407 e. The van der Waals surface area contributed by atoms with Crippen LogP contribution in [-0.2, 0) is 9.47 Å². The fourth-order valence-corrected chi connectivity index (χ4v) is 4.45. The van der Waals surface area contributed by atoms with E-state index in [0.29, 0.717) is 25.7 Å². The number of rotatable bonds is 5. The first kappa shape index (κ1) is 18.1. The summed E-state index contributed by atoms with van der Waals surface area (Å²) in [7, 11) is 0. The van der Waals surface area contributed by atoms with E-state index in [4.69, 9.17) is 13.9 Å². The lowest BCUT2D eigenvalue weighted by Gasteiger charge is -2.54. The normalized spacial score (nSPS) is 34.3. The van der Waals surface area contributed by atoms with E-state index in [0.717, 1.165) is 12.2 Å². The van der Waals surface area contributed by atoms with Crippen molar-refractivity contribution < 1.29 is 18.7 Å². The van der Waals surface area contributed by atoms with Gasteiger partial charge in [-0.2, -0.15) is 0 Å². The van der Waals surface area contributed by atoms with Gasteiger partial charge >= 0.3 is 6.09 Å². The van der Waals surface area contributed by atoms with Crippen LogP contribution in [0.2, 0.25) is 0 Å². The number of alkyl carbamates (subject to hydrolysis) is 1. The topological polar surface area (TPSA) is 60.7 Å². The second-order valence-corrected chi connectivity index (χ2v) is 7.50. The SMILES string of the molecule is CCCNC(=O)OC[C@]12COC(c3ccco3)C(C(C)=CC1C)[C@@H]2C. The summed E-state index contributed by atoms with van der Waals surface area (Å²) in [6.07, 6.45) is 4.49. The molecule has 1 aromatic heterocycles. The number of nitrogens with one attached hydrogen (secondary N) is 1. The van der Waals surface area contributed by atoms with Crippen LogP contribution < -0.4 is 5.32 Å². The van der Waals surface area contributed by atoms with Crippen molar-refractivity contribution in [2.75, 3.05) is 19.8 Å². The van der Waals surface area contributed by atoms with Gasteiger partial charge in [0.15, 0.2) is 0 Å². The van der Waals surface area contributed by atoms with Crippen LogP contribution in [0.3, 0.4) is 0 Å². The van der Waals surface area contributed by atoms with Gasteiger partial charge in [-0.1, -0.05) is 32.4 Å². The summed E-state index contributed by atoms with van der Waals surface area (Å²) in [5.41, 5.74) is 1.13. The number of carbonyl (C=O) groups excluding carboxylic acids is 1. The van der Waals surface area contributed by atoms with Crippen molar-refractivity contribution >= 4 is 6.09 Å². The molecule has 138 valence electrons. The van der Waals surface area contributed by atoms with Crippen molar-refractivity contribution in [3.63, 3.8) is 0 Å². The van der Waals surface area contributed by atoms with E-state index >= 15 is 0 Å². The highest BCUT2D eigenvalue weighted by atomic mass is 16.6. The molecule has 2 aliphatic rings. The van der Waals surface area contributed by atoms with Crippen LogP contribution in [0.4, 0.5) is 4.79 Å². The molecule has 1 aliphatic carbocycles. The number of fused-ring (bicyclic) bond motifs is 2. The Labute approximate surface area is 149 Å². The summed E-state index contributed by atoms with van der Waals surface area (Å²) >= 11 is 0. The van der Waals surface area contributed by atoms with Gasteiger partial charge < -0.3 is 19.2 Å². The molecule has 5 atom stereocenters. The average Bonchev–Trinajstić information content (AvgIpc) is 3.11. The van der Waals surface area contributed by atoms with Crippen molar-refractivity contribution in [2.45, 2.75) is 40.2 Å². The molecule has 2 bridgehead atoms. The van der Waals surface area contributed by atoms with E-state index in [1.165, 1.54) is 5.57 Å². The van der Waals surface area contributed by atoms with Gasteiger partial charge in [0.05, 0.1) is 12.9 Å². The predicted octanol–water partition coefficient (Wildman–Crippen LogP) is 4.32. The number of amides is 1. The number of hydrogen-bond acceptors (Lipinski definition) is 4. The molecule has 3 unspecified atom stereocenters. The Morgan fingerprint density at radius 2 is 2.24 bits per heavy atom. The summed E-state index contributed by atoms with van der Waals surface area (Å²) in [6, 6.07) is 3.88. The van der Waals surface area contributed by atoms with Gasteiger partial charge in [-0.25, -0.2) is 4.79 Å². The molecule has 1 amide bonds. The van der Waals surface area contributed by atoms with E-state index in [1.54, 1.807) is 6.26 Å². The quantitative estimate of drug-likeness (QED) is 0.806. The average molecular weight is 347 g/mol. The Morgan fingerprint density at radius 1 is 1.44 bits per heavy atom. The lowest BCUT2D eigenvalue weighted by Crippen LogP contribution is -2.54. The fourth-order valence-electron chi connectivity index (χ4n) is 4.45. The molecule has 1 aliphatic heterocycles. The molecular weight excluding hydrogens is 318 g/mol. The van der Waals surface area contributed by atoms with Crippen molar-refractivity contribution in [3.8, 4) is 0 Å². The molecular formula is C20H29NO4. The molecule has 0 spiro atoms. The molecule has 1 aromatic rings. The van der Waals surface area contributed by atoms with E-state index in [-0.39, 0.29) is 29.4 Å². The van der Waals surface area contributed by atoms with Crippen LogP contribution in [0.1, 0.15) is 46.0 Å². The van der Waals surface area contributed by atoms with Gasteiger partial charge in [-0.05, 0) is 37.3 Å². The first-order valence-corrected chi connectivity index (χ1v) is 9.23. The van der Waals surface area contributed by atoms with E-state index in [1.807, 2.05) is 19.1 Å². The number of ether oxygens (including phenoxy) is 2. The van der Waals surface area contributed by atoms with Crippen molar-refractivity contribution in [1.29, 1.82) is 0 Å². The lowest BCUT2D eigenvalue weighted by atomic mass is 9.56. The maximum atomic E-state index is 11.9. The summed E-state index contributed by atoms with van der Waals surface area (Å²) in [5, 5.41) is 2.78. The lowest BCUT2D eigenvalue weighted by molar-refractivity contribution is -0.170. The Hall–Kier alpha value is -1.75. The van der Waals surface area contributed by atoms with Gasteiger partial charge in [0.2, 0.25) is 0 Å². The van der Waals surface area contributed by atoms with Gasteiger partial charge in [-0.15, -0.1) is 0 Å². The highest BCUT2D eigenvalue weighted by Gasteiger charge is 2.55. The zero-order valence-electron chi connectivity index (χ0n) is 15.6. The maximum absolute atomic E-state index is 11.9. The van der Waals surface area contributed by atoms with E-state index < -0.39 is 0 Å². The van der Waals surface area contributed by atoms with Gasteiger partial charge in [0.1, 0.15) is 18.5 Å². The third-order valence-electron chi connectivity index (χ3n) is 6.06. The Morgan fingerprint density at radius 3 is 2.92 bits per heavy atom. The highest BCUT2D eigenvalue weighted by Crippen LogP contribution is 2.56. The van der Waals surface area contributed by atoms with Crippen LogP contribution in [0.5, 0.6) is 0 Å². The Bertz CT molecular complexity index is 624. The minimum Gasteiger partial charge on any atom is -0.467 e. The second-order valence-electron chi connectivity index (χ2n) is 7.50. The summed E-state index contributed by atoms with van der Waals surface area (Å²) in [4.78, 5) is 11.9. The molecule has 5 nitrogen and oxygen atoms in total. The molecule has 25 heavy (non-hydrogen) atoms. The van der Waals surface area contributed by atoms with Crippen LogP contribution in [0, 0.1) is 23.2 Å². The van der Waals surface area contributed by atoms with Crippen molar-refractivity contribution in [3.05, 3.63) is 35.8 Å². The fraction of sp³-hybridized carbons (Fsp3) is 0.650. The molecule has 1 saturated heterocycles. The first-order valence-electron chi connectivity index (χ1n) is 9.23. The van der Waals surface area contributed by atoms with Crippen LogP contribution in [-0.4, -0.2) is 25.9 Å². The first-order chi connectivity index (χ1) is 12.0. The Balaban J connectivity index is 1.80. The number of carbonyl (C=O) groups is 1. The highest BCUT2D eigenvalue weighted by molar-refractivity contribution is 5.67. The van der Waals surface area contributed by atoms with Crippen molar-refractivity contribution in [2.24, 2.45) is 23.2 Å². The molecule has 5 heteroatoms. The van der Waals surface area contributed by atoms with Gasteiger partial charge in [0.25, 0.3) is 0 Å². The molecule has 3 rings (SSSR count). The second kappa shape index (κ2) is 7.24. The van der Waals surface area contributed by atoms with Crippen LogP contribution >= 0.6 is 0 Å². The molecule has 2 heterocycles. The minimum absolute atomic E-state index is 0.0733. The molecule has 0 saturated carbocycles. The van der Waals surface area contributed by atoms with E-state index in [9.17, 15) is 4.79 Å². The van der Waals surface area contributed by atoms with Crippen LogP contribution in [0.15, 0.2) is 34.5 Å².